The molecule has 0 aliphatic rings. The van der Waals surface area contributed by atoms with Crippen molar-refractivity contribution in [2.45, 2.75) is 37.7 Å². The number of aliphatic hydroxyl groups is 1. The van der Waals surface area contributed by atoms with E-state index in [1.807, 2.05) is 0 Å². The first kappa shape index (κ1) is 17.4. The van der Waals surface area contributed by atoms with Gasteiger partial charge in [-0.15, -0.1) is 12.3 Å². The maximum Gasteiger partial charge on any atom is 0.416 e. The molecule has 0 radical (unpaired) electrons. The van der Waals surface area contributed by atoms with Crippen molar-refractivity contribution in [3.05, 3.63) is 34.9 Å². The maximum absolute atomic E-state index is 12.6. The van der Waals surface area contributed by atoms with Crippen molar-refractivity contribution in [2.75, 3.05) is 0 Å². The van der Waals surface area contributed by atoms with Crippen LogP contribution in [-0.2, 0) is 12.4 Å². The van der Waals surface area contributed by atoms with E-state index in [1.165, 1.54) is 0 Å². The van der Waals surface area contributed by atoms with Gasteiger partial charge < -0.3 is 5.11 Å². The van der Waals surface area contributed by atoms with Crippen LogP contribution in [0, 0.1) is 12.3 Å². The fraction of sp³-hybridized carbons (Fsp3) is 0.429. The number of terminal acetylenes is 1. The van der Waals surface area contributed by atoms with Gasteiger partial charge in [0.2, 0.25) is 0 Å². The highest BCUT2D eigenvalue weighted by molar-refractivity contribution is 5.34. The van der Waals surface area contributed by atoms with Crippen molar-refractivity contribution >= 4 is 0 Å². The molecular formula is C14H12F6O. The minimum Gasteiger partial charge on any atom is -0.388 e. The molecule has 1 N–H and O–H groups in total. The average Bonchev–Trinajstić information content (AvgIpc) is 2.36. The average molecular weight is 310 g/mol. The van der Waals surface area contributed by atoms with Gasteiger partial charge in [-0.3, -0.25) is 0 Å². The van der Waals surface area contributed by atoms with Gasteiger partial charge >= 0.3 is 12.4 Å². The predicted octanol–water partition coefficient (Wildman–Crippen LogP) is 4.56. The van der Waals surface area contributed by atoms with Crippen LogP contribution in [-0.4, -0.2) is 5.11 Å². The minimum atomic E-state index is -4.92. The number of unbranched alkanes of at least 4 members (excludes halogenated alkanes) is 1. The third-order valence-corrected chi connectivity index (χ3v) is 2.79. The van der Waals surface area contributed by atoms with Crippen LogP contribution in [0.1, 0.15) is 42.1 Å². The van der Waals surface area contributed by atoms with Crippen molar-refractivity contribution in [3.8, 4) is 12.3 Å². The van der Waals surface area contributed by atoms with E-state index < -0.39 is 35.1 Å². The largest absolute Gasteiger partial charge is 0.416 e. The van der Waals surface area contributed by atoms with E-state index in [-0.39, 0.29) is 18.9 Å². The lowest BCUT2D eigenvalue weighted by atomic mass is 9.98. The van der Waals surface area contributed by atoms with E-state index in [4.69, 9.17) is 6.42 Å². The zero-order valence-corrected chi connectivity index (χ0v) is 10.7. The molecule has 1 aromatic carbocycles. The second-order valence-corrected chi connectivity index (χ2v) is 4.45. The summed E-state index contributed by atoms with van der Waals surface area (Å²) in [4.78, 5) is 0. The van der Waals surface area contributed by atoms with Gasteiger partial charge in [0.25, 0.3) is 0 Å². The third kappa shape index (κ3) is 4.97. The van der Waals surface area contributed by atoms with Crippen LogP contribution in [0.2, 0.25) is 0 Å². The number of aliphatic hydroxyl groups excluding tert-OH is 1. The molecule has 0 spiro atoms. The summed E-state index contributed by atoms with van der Waals surface area (Å²) in [5.74, 6) is 2.27. The van der Waals surface area contributed by atoms with Crippen LogP contribution >= 0.6 is 0 Å². The molecule has 1 aromatic rings. The summed E-state index contributed by atoms with van der Waals surface area (Å²) < 4.78 is 75.8. The van der Waals surface area contributed by atoms with Gasteiger partial charge in [-0.25, -0.2) is 0 Å². The number of alkyl halides is 6. The summed E-state index contributed by atoms with van der Waals surface area (Å²) in [6, 6.07) is 1.07. The number of rotatable bonds is 4. The standard InChI is InChI=1S/C14H12F6O/c1-2-3-4-5-12(21)9-6-10(13(15,16)17)8-11(7-9)14(18,19)20/h1,6-8,12,21H,3-5H2. The molecular weight excluding hydrogens is 298 g/mol. The number of hydrogen-bond donors (Lipinski definition) is 1. The molecule has 1 nitrogen and oxygen atoms in total. The molecule has 21 heavy (non-hydrogen) atoms. The van der Waals surface area contributed by atoms with Gasteiger partial charge in [-0.1, -0.05) is 0 Å². The van der Waals surface area contributed by atoms with E-state index in [2.05, 4.69) is 5.92 Å². The first-order chi connectivity index (χ1) is 9.55. The van der Waals surface area contributed by atoms with Crippen molar-refractivity contribution in [2.24, 2.45) is 0 Å². The lowest BCUT2D eigenvalue weighted by Crippen LogP contribution is -2.13. The predicted molar refractivity (Wildman–Crippen MR) is 64.1 cm³/mol. The van der Waals surface area contributed by atoms with Crippen molar-refractivity contribution in [1.82, 2.24) is 0 Å². The normalized spacial score (nSPS) is 13.8. The number of benzene rings is 1. The van der Waals surface area contributed by atoms with E-state index in [0.717, 1.165) is 0 Å². The quantitative estimate of drug-likeness (QED) is 0.491. The van der Waals surface area contributed by atoms with Gasteiger partial charge in [0, 0.05) is 6.42 Å². The lowest BCUT2D eigenvalue weighted by Gasteiger charge is -2.17. The first-order valence-electron chi connectivity index (χ1n) is 5.96. The summed E-state index contributed by atoms with van der Waals surface area (Å²) in [7, 11) is 0. The summed E-state index contributed by atoms with van der Waals surface area (Å²) in [5.41, 5.74) is -3.30. The Morgan fingerprint density at radius 2 is 1.48 bits per heavy atom. The van der Waals surface area contributed by atoms with Crippen LogP contribution in [0.4, 0.5) is 26.3 Å². The van der Waals surface area contributed by atoms with E-state index in [1.54, 1.807) is 0 Å². The number of halogens is 6. The van der Waals surface area contributed by atoms with Gasteiger partial charge in [-0.2, -0.15) is 26.3 Å². The van der Waals surface area contributed by atoms with Gasteiger partial charge in [-0.05, 0) is 36.6 Å². The van der Waals surface area contributed by atoms with Crippen molar-refractivity contribution < 1.29 is 31.4 Å². The number of hydrogen-bond acceptors (Lipinski definition) is 1. The molecule has 116 valence electrons. The first-order valence-corrected chi connectivity index (χ1v) is 5.96. The van der Waals surface area contributed by atoms with Crippen LogP contribution in [0.3, 0.4) is 0 Å². The maximum atomic E-state index is 12.6. The molecule has 0 heterocycles. The lowest BCUT2D eigenvalue weighted by molar-refractivity contribution is -0.143. The van der Waals surface area contributed by atoms with Crippen LogP contribution in [0.5, 0.6) is 0 Å². The summed E-state index contributed by atoms with van der Waals surface area (Å²) in [6.07, 6.45) is -5.72. The fourth-order valence-corrected chi connectivity index (χ4v) is 1.74. The van der Waals surface area contributed by atoms with E-state index >= 15 is 0 Å². The molecule has 1 rings (SSSR count). The van der Waals surface area contributed by atoms with Crippen LogP contribution in [0.25, 0.3) is 0 Å². The Labute approximate surface area is 117 Å². The molecule has 0 aliphatic heterocycles. The minimum absolute atomic E-state index is 0.0111. The molecule has 0 fully saturated rings. The molecule has 1 atom stereocenters. The molecule has 0 saturated heterocycles. The SMILES string of the molecule is C#CCCCC(O)c1cc(C(F)(F)F)cc(C(F)(F)F)c1. The highest BCUT2D eigenvalue weighted by Gasteiger charge is 2.37. The molecule has 0 amide bonds. The zero-order valence-electron chi connectivity index (χ0n) is 10.7. The topological polar surface area (TPSA) is 20.2 Å². The Morgan fingerprint density at radius 1 is 1.00 bits per heavy atom. The Balaban J connectivity index is 3.17. The Hall–Kier alpha value is -1.68. The highest BCUT2D eigenvalue weighted by Crippen LogP contribution is 2.37. The monoisotopic (exact) mass is 310 g/mol. The Morgan fingerprint density at radius 3 is 1.86 bits per heavy atom. The van der Waals surface area contributed by atoms with Crippen molar-refractivity contribution in [1.29, 1.82) is 0 Å². The van der Waals surface area contributed by atoms with Crippen LogP contribution < -0.4 is 0 Å². The highest BCUT2D eigenvalue weighted by atomic mass is 19.4. The Bertz CT molecular complexity index is 491. The van der Waals surface area contributed by atoms with Crippen LogP contribution in [0.15, 0.2) is 18.2 Å². The second kappa shape index (κ2) is 6.39. The zero-order chi connectivity index (χ0) is 16.3. The molecule has 0 aliphatic carbocycles. The molecule has 0 saturated carbocycles. The smallest absolute Gasteiger partial charge is 0.388 e. The molecule has 7 heteroatoms. The summed E-state index contributed by atoms with van der Waals surface area (Å²) in [5, 5.41) is 9.72. The second-order valence-electron chi connectivity index (χ2n) is 4.45. The third-order valence-electron chi connectivity index (χ3n) is 2.79. The molecule has 1 unspecified atom stereocenters. The molecule has 0 aromatic heterocycles. The van der Waals surface area contributed by atoms with Gasteiger partial charge in [0.1, 0.15) is 0 Å². The van der Waals surface area contributed by atoms with E-state index in [9.17, 15) is 31.4 Å². The van der Waals surface area contributed by atoms with E-state index in [0.29, 0.717) is 18.6 Å². The van der Waals surface area contributed by atoms with Crippen molar-refractivity contribution in [3.63, 3.8) is 0 Å². The fourth-order valence-electron chi connectivity index (χ4n) is 1.74. The summed E-state index contributed by atoms with van der Waals surface area (Å²) in [6.45, 7) is 0. The van der Waals surface area contributed by atoms with Gasteiger partial charge in [0.15, 0.2) is 0 Å². The Kier molecular flexibility index (Phi) is 5.29. The molecule has 0 bridgehead atoms. The van der Waals surface area contributed by atoms with Gasteiger partial charge in [0.05, 0.1) is 17.2 Å². The summed E-state index contributed by atoms with van der Waals surface area (Å²) >= 11 is 0.